The summed E-state index contributed by atoms with van der Waals surface area (Å²) in [4.78, 5) is 0. The van der Waals surface area contributed by atoms with E-state index in [0.29, 0.717) is 17.9 Å². The zero-order valence-electron chi connectivity index (χ0n) is 8.37. The third-order valence-corrected chi connectivity index (χ3v) is 1.51. The van der Waals surface area contributed by atoms with Crippen LogP contribution in [-0.2, 0) is 4.74 Å². The molecule has 0 aromatic rings. The number of aliphatic hydroxyl groups excluding tert-OH is 1. The first-order chi connectivity index (χ1) is 5.99. The van der Waals surface area contributed by atoms with Crippen molar-refractivity contribution in [2.24, 2.45) is 0 Å². The van der Waals surface area contributed by atoms with Crippen molar-refractivity contribution in [1.82, 2.24) is 0 Å². The maximum Gasteiger partial charge on any atom is 0.157 e. The zero-order valence-corrected chi connectivity index (χ0v) is 8.37. The van der Waals surface area contributed by atoms with Gasteiger partial charge in [-0.3, -0.25) is 0 Å². The lowest BCUT2D eigenvalue weighted by Crippen LogP contribution is -2.18. The Morgan fingerprint density at radius 3 is 2.62 bits per heavy atom. The summed E-state index contributed by atoms with van der Waals surface area (Å²) < 4.78 is 5.57. The van der Waals surface area contributed by atoms with Crippen LogP contribution in [0.3, 0.4) is 0 Å². The Kier molecular flexibility index (Phi) is 2.81. The molecule has 72 valence electrons. The molecular formula is C11H16O2. The molecule has 0 atom stereocenters. The Labute approximate surface area is 79.2 Å². The van der Waals surface area contributed by atoms with E-state index in [0.717, 1.165) is 0 Å². The van der Waals surface area contributed by atoms with Crippen LogP contribution in [0.4, 0.5) is 0 Å². The number of allylic oxidation sites excluding steroid dienone is 4. The maximum absolute atomic E-state index is 9.56. The molecule has 0 spiro atoms. The van der Waals surface area contributed by atoms with Gasteiger partial charge in [-0.25, -0.2) is 0 Å². The van der Waals surface area contributed by atoms with Crippen molar-refractivity contribution < 1.29 is 9.84 Å². The predicted octanol–water partition coefficient (Wildman–Crippen LogP) is 3.09. The Hall–Kier alpha value is -1.18. The molecule has 0 heterocycles. The Morgan fingerprint density at radius 1 is 1.31 bits per heavy atom. The SMILES string of the molecule is CC(C)(C)OC1=C(O)CC=CC=C1. The molecule has 0 radical (unpaired) electrons. The van der Waals surface area contributed by atoms with Gasteiger partial charge < -0.3 is 9.84 Å². The summed E-state index contributed by atoms with van der Waals surface area (Å²) in [7, 11) is 0. The maximum atomic E-state index is 9.56. The fourth-order valence-corrected chi connectivity index (χ4v) is 1.02. The van der Waals surface area contributed by atoms with Crippen LogP contribution < -0.4 is 0 Å². The van der Waals surface area contributed by atoms with Crippen molar-refractivity contribution >= 4 is 0 Å². The molecule has 0 aromatic heterocycles. The average Bonchev–Trinajstić information content (AvgIpc) is 2.14. The molecule has 2 nitrogen and oxygen atoms in total. The lowest BCUT2D eigenvalue weighted by Gasteiger charge is -2.22. The second-order valence-corrected chi connectivity index (χ2v) is 4.02. The molecular weight excluding hydrogens is 164 g/mol. The highest BCUT2D eigenvalue weighted by Gasteiger charge is 2.15. The van der Waals surface area contributed by atoms with E-state index in [2.05, 4.69) is 0 Å². The van der Waals surface area contributed by atoms with Crippen LogP contribution in [0, 0.1) is 0 Å². The summed E-state index contributed by atoms with van der Waals surface area (Å²) in [5, 5.41) is 9.56. The van der Waals surface area contributed by atoms with Gasteiger partial charge in [-0.1, -0.05) is 18.2 Å². The van der Waals surface area contributed by atoms with Gasteiger partial charge in [-0.2, -0.15) is 0 Å². The van der Waals surface area contributed by atoms with E-state index >= 15 is 0 Å². The van der Waals surface area contributed by atoms with E-state index in [1.165, 1.54) is 0 Å². The first-order valence-electron chi connectivity index (χ1n) is 4.43. The molecule has 0 amide bonds. The van der Waals surface area contributed by atoms with Crippen LogP contribution in [0.25, 0.3) is 0 Å². The normalized spacial score (nSPS) is 17.5. The monoisotopic (exact) mass is 180 g/mol. The molecule has 0 unspecified atom stereocenters. The fraction of sp³-hybridized carbons (Fsp3) is 0.455. The molecule has 1 aliphatic carbocycles. The molecule has 0 saturated heterocycles. The fourth-order valence-electron chi connectivity index (χ4n) is 1.02. The van der Waals surface area contributed by atoms with Crippen molar-refractivity contribution in [3.63, 3.8) is 0 Å². The standard InChI is InChI=1S/C11H16O2/c1-11(2,3)13-10-8-6-4-5-7-9(10)12/h4-6,8,12H,7H2,1-3H3. The molecule has 0 saturated carbocycles. The van der Waals surface area contributed by atoms with E-state index < -0.39 is 0 Å². The van der Waals surface area contributed by atoms with Crippen LogP contribution in [0.5, 0.6) is 0 Å². The summed E-state index contributed by atoms with van der Waals surface area (Å²) in [6.45, 7) is 5.87. The van der Waals surface area contributed by atoms with E-state index in [-0.39, 0.29) is 5.60 Å². The van der Waals surface area contributed by atoms with Gasteiger partial charge in [0, 0.05) is 6.42 Å². The smallest absolute Gasteiger partial charge is 0.157 e. The Morgan fingerprint density at radius 2 is 2.00 bits per heavy atom. The van der Waals surface area contributed by atoms with E-state index in [9.17, 15) is 5.11 Å². The molecule has 0 aromatic carbocycles. The first-order valence-corrected chi connectivity index (χ1v) is 4.43. The highest BCUT2D eigenvalue weighted by atomic mass is 16.5. The van der Waals surface area contributed by atoms with Crippen LogP contribution in [0.1, 0.15) is 27.2 Å². The third kappa shape index (κ3) is 3.36. The average molecular weight is 180 g/mol. The van der Waals surface area contributed by atoms with Gasteiger partial charge in [0.05, 0.1) is 0 Å². The van der Waals surface area contributed by atoms with Crippen LogP contribution >= 0.6 is 0 Å². The molecule has 0 aliphatic heterocycles. The summed E-state index contributed by atoms with van der Waals surface area (Å²) in [5.41, 5.74) is -0.266. The molecule has 13 heavy (non-hydrogen) atoms. The molecule has 1 aliphatic rings. The van der Waals surface area contributed by atoms with Gasteiger partial charge in [0.15, 0.2) is 5.76 Å². The number of hydrogen-bond donors (Lipinski definition) is 1. The second-order valence-electron chi connectivity index (χ2n) is 4.02. The summed E-state index contributed by atoms with van der Waals surface area (Å²) in [6.07, 6.45) is 7.98. The predicted molar refractivity (Wildman–Crippen MR) is 53.4 cm³/mol. The van der Waals surface area contributed by atoms with Gasteiger partial charge >= 0.3 is 0 Å². The minimum atomic E-state index is -0.266. The lowest BCUT2D eigenvalue weighted by atomic mass is 10.2. The Bertz CT molecular complexity index is 264. The second kappa shape index (κ2) is 3.69. The van der Waals surface area contributed by atoms with Crippen LogP contribution in [-0.4, -0.2) is 10.7 Å². The van der Waals surface area contributed by atoms with E-state index in [4.69, 9.17) is 4.74 Å². The largest absolute Gasteiger partial charge is 0.508 e. The summed E-state index contributed by atoms with van der Waals surface area (Å²) >= 11 is 0. The van der Waals surface area contributed by atoms with Gasteiger partial charge in [0.25, 0.3) is 0 Å². The van der Waals surface area contributed by atoms with Crippen LogP contribution in [0.2, 0.25) is 0 Å². The molecule has 0 fully saturated rings. The first kappa shape index (κ1) is 9.90. The number of aliphatic hydroxyl groups is 1. The van der Waals surface area contributed by atoms with Gasteiger partial charge in [-0.05, 0) is 26.8 Å². The molecule has 2 heteroatoms. The number of rotatable bonds is 1. The van der Waals surface area contributed by atoms with Crippen molar-refractivity contribution in [2.45, 2.75) is 32.8 Å². The third-order valence-electron chi connectivity index (χ3n) is 1.51. The summed E-state index contributed by atoms with van der Waals surface area (Å²) in [6, 6.07) is 0. The molecule has 0 bridgehead atoms. The Balaban J connectivity index is 2.78. The van der Waals surface area contributed by atoms with Gasteiger partial charge in [-0.15, -0.1) is 0 Å². The van der Waals surface area contributed by atoms with Gasteiger partial charge in [0.2, 0.25) is 0 Å². The molecule has 1 N–H and O–H groups in total. The zero-order chi connectivity index (χ0) is 9.90. The number of ether oxygens (including phenoxy) is 1. The summed E-state index contributed by atoms with van der Waals surface area (Å²) in [5.74, 6) is 0.859. The highest BCUT2D eigenvalue weighted by molar-refractivity contribution is 5.25. The minimum absolute atomic E-state index is 0.266. The highest BCUT2D eigenvalue weighted by Crippen LogP contribution is 2.20. The van der Waals surface area contributed by atoms with Crippen molar-refractivity contribution in [2.75, 3.05) is 0 Å². The topological polar surface area (TPSA) is 29.5 Å². The minimum Gasteiger partial charge on any atom is -0.508 e. The lowest BCUT2D eigenvalue weighted by molar-refractivity contribution is 0.0515. The van der Waals surface area contributed by atoms with Crippen molar-refractivity contribution in [3.8, 4) is 0 Å². The van der Waals surface area contributed by atoms with Crippen molar-refractivity contribution in [1.29, 1.82) is 0 Å². The number of hydrogen-bond acceptors (Lipinski definition) is 2. The quantitative estimate of drug-likeness (QED) is 0.672. The van der Waals surface area contributed by atoms with E-state index in [1.54, 1.807) is 6.08 Å². The van der Waals surface area contributed by atoms with Crippen LogP contribution in [0.15, 0.2) is 35.8 Å². The molecule has 1 rings (SSSR count). The van der Waals surface area contributed by atoms with Gasteiger partial charge in [0.1, 0.15) is 11.4 Å². The van der Waals surface area contributed by atoms with E-state index in [1.807, 2.05) is 39.0 Å². The van der Waals surface area contributed by atoms with Crippen molar-refractivity contribution in [3.05, 3.63) is 35.8 Å².